The minimum Gasteiger partial charge on any atom is -0.392 e. The van der Waals surface area contributed by atoms with Gasteiger partial charge in [-0.1, -0.05) is 6.92 Å². The molecule has 0 fully saturated rings. The van der Waals surface area contributed by atoms with Crippen LogP contribution < -0.4 is 5.32 Å². The molecule has 0 bridgehead atoms. The number of hydrogen-bond acceptors (Lipinski definition) is 3. The van der Waals surface area contributed by atoms with Crippen LogP contribution in [-0.4, -0.2) is 34.8 Å². The highest BCUT2D eigenvalue weighted by Gasteiger charge is 2.22. The molecule has 0 saturated heterocycles. The van der Waals surface area contributed by atoms with Gasteiger partial charge in [0.25, 0.3) is 0 Å². The van der Waals surface area contributed by atoms with E-state index >= 15 is 0 Å². The Kier molecular flexibility index (Phi) is 5.97. The van der Waals surface area contributed by atoms with E-state index in [0.29, 0.717) is 0 Å². The lowest BCUT2D eigenvalue weighted by atomic mass is 9.99. The van der Waals surface area contributed by atoms with Crippen LogP contribution in [0.1, 0.15) is 27.7 Å². The van der Waals surface area contributed by atoms with Gasteiger partial charge in [-0.2, -0.15) is 11.8 Å². The second-order valence-corrected chi connectivity index (χ2v) is 4.92. The molecular weight excluding hydrogens is 170 g/mol. The second kappa shape index (κ2) is 5.84. The van der Waals surface area contributed by atoms with Gasteiger partial charge in [-0.15, -0.1) is 0 Å². The molecule has 1 atom stereocenters. The molecule has 0 aromatic rings. The standard InChI is InChI=1S/C9H21NOS/c1-5-12-7-6-10-9(3,4)8(2)11/h8,10-11H,5-7H2,1-4H3. The van der Waals surface area contributed by atoms with Crippen molar-refractivity contribution in [3.63, 3.8) is 0 Å². The summed E-state index contributed by atoms with van der Waals surface area (Å²) in [6, 6.07) is 0. The summed E-state index contributed by atoms with van der Waals surface area (Å²) in [5.74, 6) is 2.28. The van der Waals surface area contributed by atoms with Crippen molar-refractivity contribution in [2.45, 2.75) is 39.3 Å². The Hall–Kier alpha value is 0.270. The lowest BCUT2D eigenvalue weighted by Gasteiger charge is -2.29. The Morgan fingerprint density at radius 3 is 2.50 bits per heavy atom. The maximum absolute atomic E-state index is 9.37. The number of thioether (sulfide) groups is 1. The van der Waals surface area contributed by atoms with E-state index in [9.17, 15) is 5.11 Å². The summed E-state index contributed by atoms with van der Waals surface area (Å²) in [6.07, 6.45) is -0.302. The van der Waals surface area contributed by atoms with Crippen LogP contribution in [0.2, 0.25) is 0 Å². The first-order valence-corrected chi connectivity index (χ1v) is 5.67. The van der Waals surface area contributed by atoms with Gasteiger partial charge in [-0.05, 0) is 26.5 Å². The normalized spacial score (nSPS) is 14.8. The lowest BCUT2D eigenvalue weighted by molar-refractivity contribution is 0.0984. The van der Waals surface area contributed by atoms with E-state index in [0.717, 1.165) is 18.1 Å². The fourth-order valence-corrected chi connectivity index (χ4v) is 1.27. The lowest BCUT2D eigenvalue weighted by Crippen LogP contribution is -2.48. The van der Waals surface area contributed by atoms with Gasteiger partial charge >= 0.3 is 0 Å². The number of hydrogen-bond donors (Lipinski definition) is 2. The molecule has 0 aliphatic heterocycles. The first kappa shape index (κ1) is 12.3. The monoisotopic (exact) mass is 191 g/mol. The van der Waals surface area contributed by atoms with Crippen LogP contribution >= 0.6 is 11.8 Å². The third-order valence-electron chi connectivity index (χ3n) is 2.08. The summed E-state index contributed by atoms with van der Waals surface area (Å²) < 4.78 is 0. The van der Waals surface area contributed by atoms with Crippen LogP contribution in [-0.2, 0) is 0 Å². The van der Waals surface area contributed by atoms with Gasteiger partial charge in [0.2, 0.25) is 0 Å². The van der Waals surface area contributed by atoms with Gasteiger partial charge in [0.05, 0.1) is 6.10 Å². The number of nitrogens with one attached hydrogen (secondary N) is 1. The molecule has 0 rings (SSSR count). The topological polar surface area (TPSA) is 32.3 Å². The van der Waals surface area contributed by atoms with Crippen molar-refractivity contribution in [1.29, 1.82) is 0 Å². The summed E-state index contributed by atoms with van der Waals surface area (Å²) in [4.78, 5) is 0. The van der Waals surface area contributed by atoms with Crippen molar-refractivity contribution in [3.05, 3.63) is 0 Å². The van der Waals surface area contributed by atoms with E-state index < -0.39 is 0 Å². The fraction of sp³-hybridized carbons (Fsp3) is 1.00. The van der Waals surface area contributed by atoms with Crippen molar-refractivity contribution in [3.8, 4) is 0 Å². The van der Waals surface area contributed by atoms with Crippen molar-refractivity contribution in [2.24, 2.45) is 0 Å². The molecule has 0 saturated carbocycles. The van der Waals surface area contributed by atoms with E-state index in [1.54, 1.807) is 0 Å². The first-order chi connectivity index (χ1) is 5.50. The smallest absolute Gasteiger partial charge is 0.0688 e. The molecule has 0 heterocycles. The molecule has 0 aliphatic carbocycles. The average molecular weight is 191 g/mol. The summed E-state index contributed by atoms with van der Waals surface area (Å²) in [5, 5.41) is 12.7. The fourth-order valence-electron chi connectivity index (χ4n) is 0.737. The van der Waals surface area contributed by atoms with Gasteiger partial charge in [-0.25, -0.2) is 0 Å². The van der Waals surface area contributed by atoms with E-state index in [1.807, 2.05) is 32.5 Å². The van der Waals surface area contributed by atoms with Gasteiger partial charge < -0.3 is 10.4 Å². The molecule has 1 unspecified atom stereocenters. The molecule has 0 radical (unpaired) electrons. The van der Waals surface area contributed by atoms with Crippen LogP contribution in [0.25, 0.3) is 0 Å². The molecule has 3 heteroatoms. The molecule has 0 aromatic carbocycles. The second-order valence-electron chi connectivity index (χ2n) is 3.52. The quantitative estimate of drug-likeness (QED) is 0.624. The highest BCUT2D eigenvalue weighted by molar-refractivity contribution is 7.99. The van der Waals surface area contributed by atoms with Crippen molar-refractivity contribution >= 4 is 11.8 Å². The Morgan fingerprint density at radius 1 is 1.50 bits per heavy atom. The zero-order valence-electron chi connectivity index (χ0n) is 8.55. The van der Waals surface area contributed by atoms with E-state index in [1.165, 1.54) is 0 Å². The highest BCUT2D eigenvalue weighted by atomic mass is 32.2. The first-order valence-electron chi connectivity index (χ1n) is 4.51. The minimum atomic E-state index is -0.302. The van der Waals surface area contributed by atoms with E-state index in [4.69, 9.17) is 0 Å². The Morgan fingerprint density at radius 2 is 2.08 bits per heavy atom. The Balaban J connectivity index is 3.47. The third kappa shape index (κ3) is 5.01. The predicted octanol–water partition coefficient (Wildman–Crippen LogP) is 1.49. The predicted molar refractivity (Wildman–Crippen MR) is 56.8 cm³/mol. The summed E-state index contributed by atoms with van der Waals surface area (Å²) in [5.41, 5.74) is -0.158. The molecular formula is C9H21NOS. The van der Waals surface area contributed by atoms with Crippen LogP contribution in [0.5, 0.6) is 0 Å². The van der Waals surface area contributed by atoms with Crippen LogP contribution in [0.3, 0.4) is 0 Å². The average Bonchev–Trinajstić information content (AvgIpc) is 1.98. The largest absolute Gasteiger partial charge is 0.392 e. The summed E-state index contributed by atoms with van der Waals surface area (Å²) in [7, 11) is 0. The SMILES string of the molecule is CCSCCNC(C)(C)C(C)O. The Labute approximate surface area is 80.1 Å². The van der Waals surface area contributed by atoms with Gasteiger partial charge in [-0.3, -0.25) is 0 Å². The van der Waals surface area contributed by atoms with Crippen LogP contribution in [0, 0.1) is 0 Å². The van der Waals surface area contributed by atoms with E-state index in [-0.39, 0.29) is 11.6 Å². The van der Waals surface area contributed by atoms with Crippen molar-refractivity contribution in [2.75, 3.05) is 18.1 Å². The molecule has 2 nitrogen and oxygen atoms in total. The molecule has 0 aliphatic rings. The number of aliphatic hydroxyl groups excluding tert-OH is 1. The maximum atomic E-state index is 9.37. The maximum Gasteiger partial charge on any atom is 0.0688 e. The molecule has 2 N–H and O–H groups in total. The zero-order chi connectivity index (χ0) is 9.61. The minimum absolute atomic E-state index is 0.158. The van der Waals surface area contributed by atoms with Gasteiger partial charge in [0.1, 0.15) is 0 Å². The Bertz CT molecular complexity index is 115. The molecule has 0 spiro atoms. The summed E-state index contributed by atoms with van der Waals surface area (Å²) in [6.45, 7) is 8.99. The third-order valence-corrected chi connectivity index (χ3v) is 2.98. The summed E-state index contributed by atoms with van der Waals surface area (Å²) >= 11 is 1.92. The zero-order valence-corrected chi connectivity index (χ0v) is 9.37. The highest BCUT2D eigenvalue weighted by Crippen LogP contribution is 2.08. The van der Waals surface area contributed by atoms with Crippen molar-refractivity contribution < 1.29 is 5.11 Å². The molecule has 12 heavy (non-hydrogen) atoms. The van der Waals surface area contributed by atoms with Crippen molar-refractivity contribution in [1.82, 2.24) is 5.32 Å². The van der Waals surface area contributed by atoms with Gasteiger partial charge in [0.15, 0.2) is 0 Å². The van der Waals surface area contributed by atoms with Gasteiger partial charge in [0, 0.05) is 17.8 Å². The van der Waals surface area contributed by atoms with Crippen LogP contribution in [0.4, 0.5) is 0 Å². The molecule has 0 aromatic heterocycles. The number of aliphatic hydroxyl groups is 1. The number of rotatable bonds is 6. The molecule has 74 valence electrons. The van der Waals surface area contributed by atoms with E-state index in [2.05, 4.69) is 12.2 Å². The van der Waals surface area contributed by atoms with Crippen LogP contribution in [0.15, 0.2) is 0 Å². The molecule has 0 amide bonds.